The van der Waals surface area contributed by atoms with E-state index in [2.05, 4.69) is 12.2 Å². The zero-order chi connectivity index (χ0) is 12.1. The topological polar surface area (TPSA) is 32.3 Å². The Labute approximate surface area is 106 Å². The third-order valence-electron chi connectivity index (χ3n) is 4.72. The zero-order valence-corrected chi connectivity index (χ0v) is 11.3. The van der Waals surface area contributed by atoms with Crippen LogP contribution in [0.5, 0.6) is 0 Å². The van der Waals surface area contributed by atoms with Gasteiger partial charge in [-0.2, -0.15) is 0 Å². The molecule has 0 aliphatic heterocycles. The van der Waals surface area contributed by atoms with Crippen LogP contribution in [0.3, 0.4) is 0 Å². The standard InChI is InChI=1S/C15H29NO/c1-2-5-12-8-10-13(11-9-12)16-14-6-3-4-7-15(14)17/h12-17H,2-11H2,1H3/t12?,13?,14-,15-/m1/s1. The highest BCUT2D eigenvalue weighted by Crippen LogP contribution is 2.29. The molecule has 0 heterocycles. The number of aliphatic hydroxyl groups excluding tert-OH is 1. The van der Waals surface area contributed by atoms with Gasteiger partial charge >= 0.3 is 0 Å². The first-order valence-electron chi connectivity index (χ1n) is 7.73. The van der Waals surface area contributed by atoms with Crippen LogP contribution in [-0.4, -0.2) is 23.3 Å². The summed E-state index contributed by atoms with van der Waals surface area (Å²) in [5, 5.41) is 13.7. The summed E-state index contributed by atoms with van der Waals surface area (Å²) < 4.78 is 0. The van der Waals surface area contributed by atoms with E-state index in [9.17, 15) is 5.11 Å². The van der Waals surface area contributed by atoms with Gasteiger partial charge in [-0.15, -0.1) is 0 Å². The maximum Gasteiger partial charge on any atom is 0.0693 e. The molecule has 0 saturated heterocycles. The van der Waals surface area contributed by atoms with Gasteiger partial charge in [0.1, 0.15) is 0 Å². The number of rotatable bonds is 4. The van der Waals surface area contributed by atoms with Crippen LogP contribution < -0.4 is 5.32 Å². The molecule has 0 radical (unpaired) electrons. The van der Waals surface area contributed by atoms with Crippen molar-refractivity contribution in [3.05, 3.63) is 0 Å². The van der Waals surface area contributed by atoms with E-state index in [0.29, 0.717) is 12.1 Å². The SMILES string of the molecule is CCCC1CCC(N[C@@H]2CCCC[C@H]2O)CC1. The second kappa shape index (κ2) is 6.75. The molecule has 0 amide bonds. The van der Waals surface area contributed by atoms with Crippen molar-refractivity contribution in [2.24, 2.45) is 5.92 Å². The molecular formula is C15H29NO. The molecule has 0 unspecified atom stereocenters. The summed E-state index contributed by atoms with van der Waals surface area (Å²) in [6.07, 6.45) is 12.8. The lowest BCUT2D eigenvalue weighted by Crippen LogP contribution is -2.48. The Kier molecular flexibility index (Phi) is 5.30. The van der Waals surface area contributed by atoms with Crippen molar-refractivity contribution in [3.63, 3.8) is 0 Å². The average molecular weight is 239 g/mol. The third-order valence-corrected chi connectivity index (χ3v) is 4.72. The molecule has 2 nitrogen and oxygen atoms in total. The highest BCUT2D eigenvalue weighted by atomic mass is 16.3. The van der Waals surface area contributed by atoms with E-state index in [0.717, 1.165) is 12.3 Å². The summed E-state index contributed by atoms with van der Waals surface area (Å²) in [6, 6.07) is 1.07. The molecule has 100 valence electrons. The van der Waals surface area contributed by atoms with Crippen LogP contribution in [0.15, 0.2) is 0 Å². The summed E-state index contributed by atoms with van der Waals surface area (Å²) in [5.74, 6) is 0.981. The molecule has 17 heavy (non-hydrogen) atoms. The van der Waals surface area contributed by atoms with Crippen LogP contribution in [0.4, 0.5) is 0 Å². The second-order valence-corrected chi connectivity index (χ2v) is 6.13. The predicted octanol–water partition coefficient (Wildman–Crippen LogP) is 3.24. The predicted molar refractivity (Wildman–Crippen MR) is 72.1 cm³/mol. The van der Waals surface area contributed by atoms with Crippen LogP contribution in [0.1, 0.15) is 71.1 Å². The molecule has 0 spiro atoms. The molecule has 0 aromatic rings. The first-order chi connectivity index (χ1) is 8.29. The summed E-state index contributed by atoms with van der Waals surface area (Å²) in [7, 11) is 0. The van der Waals surface area contributed by atoms with Gasteiger partial charge in [0.05, 0.1) is 6.10 Å². The van der Waals surface area contributed by atoms with Crippen molar-refractivity contribution in [2.45, 2.75) is 89.3 Å². The molecule has 2 aliphatic rings. The van der Waals surface area contributed by atoms with E-state index in [1.165, 1.54) is 57.8 Å². The van der Waals surface area contributed by atoms with E-state index in [-0.39, 0.29) is 6.10 Å². The highest BCUT2D eigenvalue weighted by molar-refractivity contribution is 4.86. The van der Waals surface area contributed by atoms with Crippen LogP contribution in [0.25, 0.3) is 0 Å². The lowest BCUT2D eigenvalue weighted by Gasteiger charge is -2.35. The number of hydrogen-bond acceptors (Lipinski definition) is 2. The van der Waals surface area contributed by atoms with Gasteiger partial charge in [-0.1, -0.05) is 32.6 Å². The Morgan fingerprint density at radius 2 is 1.71 bits per heavy atom. The van der Waals surface area contributed by atoms with Crippen LogP contribution >= 0.6 is 0 Å². The van der Waals surface area contributed by atoms with Gasteiger partial charge in [-0.3, -0.25) is 0 Å². The largest absolute Gasteiger partial charge is 0.392 e. The number of nitrogens with one attached hydrogen (secondary N) is 1. The Hall–Kier alpha value is -0.0800. The Balaban J connectivity index is 1.70. The summed E-state index contributed by atoms with van der Waals surface area (Å²) >= 11 is 0. The van der Waals surface area contributed by atoms with Crippen molar-refractivity contribution in [3.8, 4) is 0 Å². The molecule has 0 aromatic heterocycles. The van der Waals surface area contributed by atoms with E-state index >= 15 is 0 Å². The molecule has 2 fully saturated rings. The third kappa shape index (κ3) is 3.96. The van der Waals surface area contributed by atoms with Crippen molar-refractivity contribution in [2.75, 3.05) is 0 Å². The fourth-order valence-corrected chi connectivity index (χ4v) is 3.63. The average Bonchev–Trinajstić information content (AvgIpc) is 2.35. The van der Waals surface area contributed by atoms with Crippen molar-refractivity contribution >= 4 is 0 Å². The molecule has 0 bridgehead atoms. The van der Waals surface area contributed by atoms with Crippen LogP contribution in [-0.2, 0) is 0 Å². The minimum absolute atomic E-state index is 0.0860. The monoisotopic (exact) mass is 239 g/mol. The van der Waals surface area contributed by atoms with Crippen LogP contribution in [0, 0.1) is 5.92 Å². The van der Waals surface area contributed by atoms with E-state index in [1.54, 1.807) is 0 Å². The van der Waals surface area contributed by atoms with E-state index in [1.807, 2.05) is 0 Å². The Morgan fingerprint density at radius 3 is 2.35 bits per heavy atom. The fourth-order valence-electron chi connectivity index (χ4n) is 3.63. The van der Waals surface area contributed by atoms with Crippen molar-refractivity contribution < 1.29 is 5.11 Å². The zero-order valence-electron chi connectivity index (χ0n) is 11.3. The molecule has 0 aromatic carbocycles. The van der Waals surface area contributed by atoms with Gasteiger partial charge in [0, 0.05) is 12.1 Å². The van der Waals surface area contributed by atoms with Crippen molar-refractivity contribution in [1.82, 2.24) is 5.32 Å². The summed E-state index contributed by atoms with van der Waals surface area (Å²) in [5.41, 5.74) is 0. The van der Waals surface area contributed by atoms with Gasteiger partial charge in [0.15, 0.2) is 0 Å². The number of hydrogen-bond donors (Lipinski definition) is 2. The first-order valence-corrected chi connectivity index (χ1v) is 7.73. The van der Waals surface area contributed by atoms with Gasteiger partial charge in [0.2, 0.25) is 0 Å². The smallest absolute Gasteiger partial charge is 0.0693 e. The molecule has 2 aliphatic carbocycles. The second-order valence-electron chi connectivity index (χ2n) is 6.13. The Morgan fingerprint density at radius 1 is 1.00 bits per heavy atom. The Bertz CT molecular complexity index is 211. The van der Waals surface area contributed by atoms with Gasteiger partial charge < -0.3 is 10.4 Å². The molecular weight excluding hydrogens is 210 g/mol. The lowest BCUT2D eigenvalue weighted by molar-refractivity contribution is 0.0795. The van der Waals surface area contributed by atoms with Gasteiger partial charge in [0.25, 0.3) is 0 Å². The fraction of sp³-hybridized carbons (Fsp3) is 1.00. The molecule has 2 N–H and O–H groups in total. The van der Waals surface area contributed by atoms with Gasteiger partial charge in [-0.25, -0.2) is 0 Å². The van der Waals surface area contributed by atoms with E-state index in [4.69, 9.17) is 0 Å². The van der Waals surface area contributed by atoms with Gasteiger partial charge in [-0.05, 0) is 44.4 Å². The summed E-state index contributed by atoms with van der Waals surface area (Å²) in [6.45, 7) is 2.29. The van der Waals surface area contributed by atoms with E-state index < -0.39 is 0 Å². The minimum Gasteiger partial charge on any atom is -0.392 e. The normalized spacial score (nSPS) is 39.2. The highest BCUT2D eigenvalue weighted by Gasteiger charge is 2.27. The summed E-state index contributed by atoms with van der Waals surface area (Å²) in [4.78, 5) is 0. The molecule has 2 heteroatoms. The maximum atomic E-state index is 9.97. The molecule has 2 saturated carbocycles. The minimum atomic E-state index is -0.0860. The maximum absolute atomic E-state index is 9.97. The molecule has 2 rings (SSSR count). The molecule has 2 atom stereocenters. The quantitative estimate of drug-likeness (QED) is 0.789. The first kappa shape index (κ1) is 13.4. The van der Waals surface area contributed by atoms with Crippen molar-refractivity contribution in [1.29, 1.82) is 0 Å². The van der Waals surface area contributed by atoms with Crippen LogP contribution in [0.2, 0.25) is 0 Å². The lowest BCUT2D eigenvalue weighted by atomic mass is 9.82. The number of aliphatic hydroxyl groups is 1.